The van der Waals surface area contributed by atoms with Crippen LogP contribution in [0.2, 0.25) is 25.2 Å². The van der Waals surface area contributed by atoms with Gasteiger partial charge in [0.2, 0.25) is 0 Å². The van der Waals surface area contributed by atoms with E-state index in [2.05, 4.69) is 0 Å². The minimum atomic E-state index is -3.11. The fraction of sp³-hybridized carbons (Fsp3) is 1.00. The van der Waals surface area contributed by atoms with Gasteiger partial charge in [0.25, 0.3) is 5.55 Å². The van der Waals surface area contributed by atoms with Gasteiger partial charge in [0.05, 0.1) is 0 Å². The first-order valence-electron chi connectivity index (χ1n) is 11.0. The van der Waals surface area contributed by atoms with Gasteiger partial charge in [0.1, 0.15) is 8.07 Å². The van der Waals surface area contributed by atoms with E-state index in [1.54, 1.807) is 13.1 Å². The Balaban J connectivity index is 3.43. The van der Waals surface area contributed by atoms with Crippen molar-refractivity contribution in [2.45, 2.75) is 127 Å². The highest BCUT2D eigenvalue weighted by molar-refractivity contribution is 7.64. The minimum absolute atomic E-state index is 0.512. The number of hydrogen-bond donors (Lipinski definition) is 0. The molecule has 0 aromatic carbocycles. The van der Waals surface area contributed by atoms with Crippen LogP contribution < -0.4 is 0 Å². The molecule has 0 radical (unpaired) electrons. The third-order valence-corrected chi connectivity index (χ3v) is 12.1. The largest absolute Gasteiger partial charge is 0.341 e. The molecule has 0 aliphatic carbocycles. The molecule has 0 rings (SSSR count). The van der Waals surface area contributed by atoms with Gasteiger partial charge in [-0.2, -0.15) is 0 Å². The quantitative estimate of drug-likeness (QED) is 0.0999. The van der Waals surface area contributed by atoms with Crippen LogP contribution in [0.3, 0.4) is 0 Å². The lowest BCUT2D eigenvalue weighted by atomic mass is 10.0. The molecule has 0 aliphatic heterocycles. The fourth-order valence-corrected chi connectivity index (χ4v) is 7.94. The Morgan fingerprint density at radius 2 is 0.929 bits per heavy atom. The van der Waals surface area contributed by atoms with Crippen LogP contribution in [-0.4, -0.2) is 25.8 Å². The third-order valence-electron chi connectivity index (χ3n) is 5.66. The van der Waals surface area contributed by atoms with E-state index in [0.717, 1.165) is 45.1 Å². The van der Waals surface area contributed by atoms with Crippen LogP contribution in [0, 0.1) is 0 Å². The van der Waals surface area contributed by atoms with Crippen molar-refractivity contribution in [3.63, 3.8) is 0 Å². The van der Waals surface area contributed by atoms with Crippen LogP contribution in [0.4, 0.5) is 13.2 Å². The Morgan fingerprint density at radius 1 is 0.643 bits per heavy atom. The first kappa shape index (κ1) is 29.1. The van der Waals surface area contributed by atoms with Crippen molar-refractivity contribution in [2.24, 2.45) is 0 Å². The first-order chi connectivity index (χ1) is 12.9. The Morgan fingerprint density at radius 3 is 1.21 bits per heavy atom. The number of unbranched alkanes of at least 4 members (excludes halogenated alkanes) is 12. The molecule has 0 nitrogen and oxygen atoms in total. The number of hydrogen-bond acceptors (Lipinski definition) is 0. The van der Waals surface area contributed by atoms with Crippen LogP contribution in [0.25, 0.3) is 0 Å². The van der Waals surface area contributed by atoms with Crippen LogP contribution >= 0.6 is 33.2 Å². The second-order valence-corrected chi connectivity index (χ2v) is 23.0. The molecule has 1 unspecified atom stereocenters. The molecule has 8 heteroatoms. The molecule has 28 heavy (non-hydrogen) atoms. The molecule has 0 bridgehead atoms. The van der Waals surface area contributed by atoms with E-state index in [1.807, 2.05) is 0 Å². The Kier molecular flexibility index (Phi) is 15.6. The van der Waals surface area contributed by atoms with Crippen molar-refractivity contribution in [1.82, 2.24) is 0 Å². The fourth-order valence-electron chi connectivity index (χ4n) is 3.54. The molecule has 0 N–H and O–H groups in total. The summed E-state index contributed by atoms with van der Waals surface area (Å²) in [5.74, 6) is 0. The highest BCUT2D eigenvalue weighted by Crippen LogP contribution is 2.36. The van der Waals surface area contributed by atoms with Crippen molar-refractivity contribution in [3.05, 3.63) is 0 Å². The average molecular weight is 500 g/mol. The van der Waals surface area contributed by atoms with Crippen LogP contribution in [0.15, 0.2) is 0 Å². The standard InChI is InChI=1S/C20H40Cl3F3Si2/c1-19(24)20(25,26)27(2,3)17-15-13-11-9-7-5-4-6-8-10-12-14-16-18-28(21,22)23/h19H,4-18H2,1-3H3. The molecular weight excluding hydrogens is 460 g/mol. The topological polar surface area (TPSA) is 0 Å². The average Bonchev–Trinajstić information content (AvgIpc) is 2.56. The highest BCUT2D eigenvalue weighted by atomic mass is 35.8. The second-order valence-electron chi connectivity index (χ2n) is 8.83. The van der Waals surface area contributed by atoms with Crippen LogP contribution in [-0.2, 0) is 0 Å². The summed E-state index contributed by atoms with van der Waals surface area (Å²) in [7, 11) is -2.83. The normalized spacial score (nSPS) is 14.5. The predicted octanol–water partition coefficient (Wildman–Crippen LogP) is 9.95. The summed E-state index contributed by atoms with van der Waals surface area (Å²) in [6, 6.07) is -1.13. The molecule has 0 spiro atoms. The second kappa shape index (κ2) is 15.0. The maximum Gasteiger partial charge on any atom is 0.341 e. The summed E-state index contributed by atoms with van der Waals surface area (Å²) in [6.07, 6.45) is 13.1. The summed E-state index contributed by atoms with van der Waals surface area (Å²) in [6.45, 7) is 4.22. The predicted molar refractivity (Wildman–Crippen MR) is 126 cm³/mol. The Hall–Kier alpha value is 1.09. The van der Waals surface area contributed by atoms with Gasteiger partial charge >= 0.3 is 6.00 Å². The Bertz CT molecular complexity index is 389. The number of rotatable bonds is 18. The van der Waals surface area contributed by atoms with Gasteiger partial charge in [-0.3, -0.25) is 0 Å². The summed E-state index contributed by atoms with van der Waals surface area (Å²) in [4.78, 5) is 0. The van der Waals surface area contributed by atoms with E-state index in [9.17, 15) is 13.2 Å². The lowest BCUT2D eigenvalue weighted by Crippen LogP contribution is -2.53. The van der Waals surface area contributed by atoms with Crippen molar-refractivity contribution in [1.29, 1.82) is 0 Å². The van der Waals surface area contributed by atoms with Gasteiger partial charge in [-0.05, 0) is 13.0 Å². The van der Waals surface area contributed by atoms with Gasteiger partial charge < -0.3 is 0 Å². The van der Waals surface area contributed by atoms with E-state index < -0.39 is 25.8 Å². The van der Waals surface area contributed by atoms with E-state index in [4.69, 9.17) is 33.2 Å². The summed E-state index contributed by atoms with van der Waals surface area (Å²) < 4.78 is 41.0. The van der Waals surface area contributed by atoms with E-state index in [-0.39, 0.29) is 0 Å². The van der Waals surface area contributed by atoms with Gasteiger partial charge in [-0.25, -0.2) is 13.2 Å². The lowest BCUT2D eigenvalue weighted by molar-refractivity contribution is 0.00276. The van der Waals surface area contributed by atoms with Crippen molar-refractivity contribution >= 4 is 47.3 Å². The van der Waals surface area contributed by atoms with E-state index in [1.165, 1.54) is 51.4 Å². The van der Waals surface area contributed by atoms with E-state index in [0.29, 0.717) is 6.04 Å². The number of halogens is 6. The molecule has 0 heterocycles. The molecule has 0 saturated carbocycles. The van der Waals surface area contributed by atoms with Gasteiger partial charge in [-0.15, -0.1) is 33.2 Å². The SMILES string of the molecule is CC(F)C(F)(F)[Si](C)(C)CCCCCCCCCCCCCCC[Si](Cl)(Cl)Cl. The van der Waals surface area contributed by atoms with Gasteiger partial charge in [0.15, 0.2) is 6.17 Å². The maximum absolute atomic E-state index is 13.9. The molecule has 0 fully saturated rings. The zero-order valence-electron chi connectivity index (χ0n) is 18.0. The van der Waals surface area contributed by atoms with Crippen LogP contribution in [0.5, 0.6) is 0 Å². The third kappa shape index (κ3) is 14.2. The molecule has 0 aromatic rings. The minimum Gasteiger partial charge on any atom is -0.242 e. The maximum atomic E-state index is 13.9. The Labute approximate surface area is 187 Å². The molecule has 0 saturated heterocycles. The van der Waals surface area contributed by atoms with Crippen molar-refractivity contribution in [3.8, 4) is 0 Å². The number of alkyl halides is 3. The molecule has 0 aliphatic rings. The van der Waals surface area contributed by atoms with Gasteiger partial charge in [0, 0.05) is 0 Å². The lowest BCUT2D eigenvalue weighted by Gasteiger charge is -2.33. The summed E-state index contributed by atoms with van der Waals surface area (Å²) >= 11 is 17.6. The smallest absolute Gasteiger partial charge is 0.242 e. The molecule has 170 valence electrons. The van der Waals surface area contributed by atoms with Crippen LogP contribution in [0.1, 0.15) is 90.4 Å². The summed E-state index contributed by atoms with van der Waals surface area (Å²) in [5.41, 5.74) is -3.11. The van der Waals surface area contributed by atoms with Crippen molar-refractivity contribution in [2.75, 3.05) is 0 Å². The molecular formula is C20H40Cl3F3Si2. The highest BCUT2D eigenvalue weighted by Gasteiger charge is 2.52. The molecule has 0 amide bonds. The van der Waals surface area contributed by atoms with Gasteiger partial charge in [-0.1, -0.05) is 103 Å². The first-order valence-corrected chi connectivity index (χ1v) is 19.4. The summed E-state index contributed by atoms with van der Waals surface area (Å²) in [5, 5.41) is 0. The van der Waals surface area contributed by atoms with E-state index >= 15 is 0 Å². The zero-order chi connectivity index (χ0) is 21.7. The monoisotopic (exact) mass is 498 g/mol. The molecule has 1 atom stereocenters. The van der Waals surface area contributed by atoms with Crippen molar-refractivity contribution < 1.29 is 13.2 Å². The zero-order valence-corrected chi connectivity index (χ0v) is 22.2. The molecule has 0 aromatic heterocycles.